The maximum Gasteiger partial charge on any atom is 0.270 e. The van der Waals surface area contributed by atoms with Crippen LogP contribution in [0, 0.1) is 15.9 Å². The SMILES string of the molecule is O=C(C[C@@H](c1cccc(F)c1)c1cn(Cc2ccccc2)c2ccc([N+](=O)[O-])cc12)NCCN1CCCC1. The molecule has 0 saturated carbocycles. The summed E-state index contributed by atoms with van der Waals surface area (Å²) in [7, 11) is 0. The molecule has 4 aromatic rings. The number of nitrogens with zero attached hydrogens (tertiary/aromatic N) is 3. The van der Waals surface area contributed by atoms with Crippen LogP contribution in [0.15, 0.2) is 79.0 Å². The van der Waals surface area contributed by atoms with Crippen LogP contribution in [0.5, 0.6) is 0 Å². The first kappa shape index (κ1) is 25.6. The molecule has 1 aromatic heterocycles. The average molecular weight is 515 g/mol. The Bertz CT molecular complexity index is 1430. The van der Waals surface area contributed by atoms with E-state index in [1.54, 1.807) is 18.2 Å². The highest BCUT2D eigenvalue weighted by atomic mass is 19.1. The van der Waals surface area contributed by atoms with Crippen molar-refractivity contribution in [1.29, 1.82) is 0 Å². The number of nitro benzene ring substituents is 1. The number of aromatic nitrogens is 1. The van der Waals surface area contributed by atoms with Crippen molar-refractivity contribution in [2.75, 3.05) is 26.2 Å². The predicted octanol–water partition coefficient (Wildman–Crippen LogP) is 5.47. The summed E-state index contributed by atoms with van der Waals surface area (Å²) >= 11 is 0. The van der Waals surface area contributed by atoms with E-state index < -0.39 is 10.8 Å². The van der Waals surface area contributed by atoms with Crippen LogP contribution in [0.2, 0.25) is 0 Å². The number of halogens is 1. The molecule has 2 heterocycles. The summed E-state index contributed by atoms with van der Waals surface area (Å²) in [5.41, 5.74) is 3.30. The van der Waals surface area contributed by atoms with Gasteiger partial charge in [-0.05, 0) is 60.8 Å². The third-order valence-corrected chi connectivity index (χ3v) is 7.27. The fourth-order valence-corrected chi connectivity index (χ4v) is 5.36. The van der Waals surface area contributed by atoms with Crippen molar-refractivity contribution in [3.8, 4) is 0 Å². The van der Waals surface area contributed by atoms with Gasteiger partial charge in [-0.25, -0.2) is 4.39 Å². The van der Waals surface area contributed by atoms with Crippen LogP contribution in [0.1, 0.15) is 41.9 Å². The van der Waals surface area contributed by atoms with Crippen molar-refractivity contribution in [1.82, 2.24) is 14.8 Å². The predicted molar refractivity (Wildman–Crippen MR) is 146 cm³/mol. The van der Waals surface area contributed by atoms with Gasteiger partial charge in [0.05, 0.1) is 4.92 Å². The first-order chi connectivity index (χ1) is 18.5. The Morgan fingerprint density at radius 1 is 1.03 bits per heavy atom. The lowest BCUT2D eigenvalue weighted by Gasteiger charge is -2.19. The van der Waals surface area contributed by atoms with Gasteiger partial charge in [-0.1, -0.05) is 42.5 Å². The number of carbonyl (C=O) groups excluding carboxylic acids is 1. The first-order valence-electron chi connectivity index (χ1n) is 13.0. The quantitative estimate of drug-likeness (QED) is 0.225. The lowest BCUT2D eigenvalue weighted by atomic mass is 9.88. The minimum absolute atomic E-state index is 0.0238. The Labute approximate surface area is 221 Å². The minimum atomic E-state index is -0.473. The number of non-ortho nitro benzene ring substituents is 1. The van der Waals surface area contributed by atoms with E-state index in [2.05, 4.69) is 10.2 Å². The van der Waals surface area contributed by atoms with Gasteiger partial charge < -0.3 is 14.8 Å². The molecule has 5 rings (SSSR count). The molecule has 0 bridgehead atoms. The Morgan fingerprint density at radius 2 is 1.82 bits per heavy atom. The maximum absolute atomic E-state index is 14.3. The molecule has 38 heavy (non-hydrogen) atoms. The molecule has 7 nitrogen and oxygen atoms in total. The first-order valence-corrected chi connectivity index (χ1v) is 13.0. The largest absolute Gasteiger partial charge is 0.355 e. The molecule has 0 spiro atoms. The van der Waals surface area contributed by atoms with Gasteiger partial charge in [-0.3, -0.25) is 14.9 Å². The van der Waals surface area contributed by atoms with Gasteiger partial charge in [0.25, 0.3) is 5.69 Å². The molecule has 1 N–H and O–H groups in total. The second-order valence-electron chi connectivity index (χ2n) is 9.87. The number of benzene rings is 3. The van der Waals surface area contributed by atoms with Gasteiger partial charge in [0.15, 0.2) is 0 Å². The van der Waals surface area contributed by atoms with Crippen molar-refractivity contribution in [2.45, 2.75) is 31.7 Å². The molecular weight excluding hydrogens is 483 g/mol. The number of likely N-dealkylation sites (tertiary alicyclic amines) is 1. The zero-order valence-corrected chi connectivity index (χ0v) is 21.2. The normalized spacial score (nSPS) is 14.6. The summed E-state index contributed by atoms with van der Waals surface area (Å²) in [5, 5.41) is 15.3. The Hall–Kier alpha value is -4.04. The molecule has 0 aliphatic carbocycles. The monoisotopic (exact) mass is 514 g/mol. The third-order valence-electron chi connectivity index (χ3n) is 7.27. The summed E-state index contributed by atoms with van der Waals surface area (Å²) in [6, 6.07) is 21.0. The molecule has 1 aliphatic rings. The van der Waals surface area contributed by atoms with E-state index in [1.165, 1.54) is 31.0 Å². The Morgan fingerprint density at radius 3 is 2.55 bits per heavy atom. The van der Waals surface area contributed by atoms with E-state index in [0.29, 0.717) is 24.0 Å². The molecule has 1 atom stereocenters. The number of amides is 1. The average Bonchev–Trinajstić information content (AvgIpc) is 3.56. The smallest absolute Gasteiger partial charge is 0.270 e. The fraction of sp³-hybridized carbons (Fsp3) is 0.300. The van der Waals surface area contributed by atoms with E-state index in [9.17, 15) is 19.3 Å². The second-order valence-corrected chi connectivity index (χ2v) is 9.87. The van der Waals surface area contributed by atoms with E-state index in [1.807, 2.05) is 47.2 Å². The summed E-state index contributed by atoms with van der Waals surface area (Å²) in [5.74, 6) is -0.993. The molecule has 8 heteroatoms. The molecule has 196 valence electrons. The summed E-state index contributed by atoms with van der Waals surface area (Å²) < 4.78 is 16.4. The van der Waals surface area contributed by atoms with Gasteiger partial charge in [-0.15, -0.1) is 0 Å². The van der Waals surface area contributed by atoms with E-state index >= 15 is 0 Å². The standard InChI is InChI=1S/C30H31FN4O3/c31-24-10-6-9-23(17-24)26(19-30(36)32-13-16-33-14-4-5-15-33)28-21-34(20-22-7-2-1-3-8-22)29-12-11-25(35(37)38)18-27(28)29/h1-3,6-12,17-18,21,26H,4-5,13-16,19-20H2,(H,32,36)/t26-/m0/s1. The lowest BCUT2D eigenvalue weighted by Crippen LogP contribution is -2.34. The Kier molecular flexibility index (Phi) is 7.79. The summed E-state index contributed by atoms with van der Waals surface area (Å²) in [4.78, 5) is 26.7. The van der Waals surface area contributed by atoms with Crippen molar-refractivity contribution in [2.24, 2.45) is 0 Å². The second kappa shape index (κ2) is 11.6. The van der Waals surface area contributed by atoms with Crippen molar-refractivity contribution in [3.63, 3.8) is 0 Å². The fourth-order valence-electron chi connectivity index (χ4n) is 5.36. The molecular formula is C30H31FN4O3. The number of carbonyl (C=O) groups is 1. The van der Waals surface area contributed by atoms with Crippen LogP contribution in [-0.2, 0) is 11.3 Å². The molecule has 1 amide bonds. The van der Waals surface area contributed by atoms with E-state index in [4.69, 9.17) is 0 Å². The van der Waals surface area contributed by atoms with E-state index in [-0.39, 0.29) is 23.8 Å². The van der Waals surface area contributed by atoms with Crippen LogP contribution in [0.4, 0.5) is 10.1 Å². The highest BCUT2D eigenvalue weighted by Crippen LogP contribution is 2.37. The maximum atomic E-state index is 14.3. The van der Waals surface area contributed by atoms with Gasteiger partial charge in [0.1, 0.15) is 5.82 Å². The summed E-state index contributed by atoms with van der Waals surface area (Å²) in [6.07, 6.45) is 4.44. The van der Waals surface area contributed by atoms with Gasteiger partial charge in [-0.2, -0.15) is 0 Å². The van der Waals surface area contributed by atoms with Crippen LogP contribution < -0.4 is 5.32 Å². The summed E-state index contributed by atoms with van der Waals surface area (Å²) in [6.45, 7) is 4.03. The number of nitrogens with one attached hydrogen (secondary N) is 1. The minimum Gasteiger partial charge on any atom is -0.355 e. The van der Waals surface area contributed by atoms with Crippen molar-refractivity contribution < 1.29 is 14.1 Å². The van der Waals surface area contributed by atoms with Crippen LogP contribution in [0.3, 0.4) is 0 Å². The number of fused-ring (bicyclic) bond motifs is 1. The molecule has 0 radical (unpaired) electrons. The van der Waals surface area contributed by atoms with Crippen molar-refractivity contribution in [3.05, 3.63) is 112 Å². The Balaban J connectivity index is 1.51. The topological polar surface area (TPSA) is 80.4 Å². The molecule has 1 aliphatic heterocycles. The van der Waals surface area contributed by atoms with Gasteiger partial charge in [0.2, 0.25) is 5.91 Å². The van der Waals surface area contributed by atoms with Gasteiger partial charge in [0, 0.05) is 61.2 Å². The molecule has 1 saturated heterocycles. The van der Waals surface area contributed by atoms with Crippen LogP contribution >= 0.6 is 0 Å². The number of nitro groups is 1. The molecule has 1 fully saturated rings. The zero-order chi connectivity index (χ0) is 26.5. The third kappa shape index (κ3) is 5.92. The number of rotatable bonds is 10. The highest BCUT2D eigenvalue weighted by Gasteiger charge is 2.25. The lowest BCUT2D eigenvalue weighted by molar-refractivity contribution is -0.384. The number of hydrogen-bond acceptors (Lipinski definition) is 4. The van der Waals surface area contributed by atoms with Crippen molar-refractivity contribution >= 4 is 22.5 Å². The van der Waals surface area contributed by atoms with Crippen LogP contribution in [-0.4, -0.2) is 46.5 Å². The molecule has 0 unspecified atom stereocenters. The van der Waals surface area contributed by atoms with E-state index in [0.717, 1.165) is 36.3 Å². The van der Waals surface area contributed by atoms with Gasteiger partial charge >= 0.3 is 0 Å². The highest BCUT2D eigenvalue weighted by molar-refractivity contribution is 5.88. The number of hydrogen-bond donors (Lipinski definition) is 1. The molecule has 3 aromatic carbocycles. The zero-order valence-electron chi connectivity index (χ0n) is 21.2. The van der Waals surface area contributed by atoms with Crippen LogP contribution in [0.25, 0.3) is 10.9 Å².